The molecule has 0 aliphatic carbocycles. The molecule has 0 spiro atoms. The van der Waals surface area contributed by atoms with Crippen molar-refractivity contribution in [1.82, 2.24) is 4.90 Å². The average molecular weight is 252 g/mol. The van der Waals surface area contributed by atoms with Gasteiger partial charge >= 0.3 is 0 Å². The molecule has 0 atom stereocenters. The normalized spacial score (nSPS) is 18.7. The van der Waals surface area contributed by atoms with Crippen molar-refractivity contribution in [2.75, 3.05) is 14.1 Å². The van der Waals surface area contributed by atoms with Crippen LogP contribution in [0.25, 0.3) is 5.57 Å². The van der Waals surface area contributed by atoms with Gasteiger partial charge < -0.3 is 4.90 Å². The van der Waals surface area contributed by atoms with Gasteiger partial charge in [0.1, 0.15) is 0 Å². The third-order valence-electron chi connectivity index (χ3n) is 2.20. The van der Waals surface area contributed by atoms with Gasteiger partial charge in [-0.3, -0.25) is 4.79 Å². The number of amidine groups is 1. The van der Waals surface area contributed by atoms with Gasteiger partial charge in [0.05, 0.1) is 4.91 Å². The van der Waals surface area contributed by atoms with E-state index in [2.05, 4.69) is 4.99 Å². The van der Waals surface area contributed by atoms with Crippen molar-refractivity contribution in [3.63, 3.8) is 0 Å². The van der Waals surface area contributed by atoms with Crippen molar-refractivity contribution >= 4 is 39.7 Å². The first-order valence-electron chi connectivity index (χ1n) is 4.82. The number of carbonyl (C=O) groups is 1. The Labute approximate surface area is 103 Å². The lowest BCUT2D eigenvalue weighted by Gasteiger charge is -2.09. The standard InChI is InChI=1S/C11H12N2OS2/c1-7(8-5-4-6-15-8)9-10(14)12-11(16-9)13(2)3/h4-6H,1-3H3/b9-7-. The predicted octanol–water partition coefficient (Wildman–Crippen LogP) is 2.67. The summed E-state index contributed by atoms with van der Waals surface area (Å²) in [7, 11) is 3.78. The number of nitrogens with zero attached hydrogens (tertiary/aromatic N) is 2. The van der Waals surface area contributed by atoms with Gasteiger partial charge in [-0.2, -0.15) is 4.99 Å². The second-order valence-corrected chi connectivity index (χ2v) is 5.55. The molecule has 2 heterocycles. The molecule has 0 saturated heterocycles. The minimum atomic E-state index is -0.125. The van der Waals surface area contributed by atoms with Crippen LogP contribution >= 0.6 is 23.1 Å². The number of thiophene rings is 1. The lowest BCUT2D eigenvalue weighted by Crippen LogP contribution is -2.16. The van der Waals surface area contributed by atoms with Crippen molar-refractivity contribution in [2.24, 2.45) is 4.99 Å². The summed E-state index contributed by atoms with van der Waals surface area (Å²) in [4.78, 5) is 19.5. The van der Waals surface area contributed by atoms with E-state index in [9.17, 15) is 4.79 Å². The van der Waals surface area contributed by atoms with Crippen LogP contribution in [0.5, 0.6) is 0 Å². The van der Waals surface area contributed by atoms with E-state index in [1.807, 2.05) is 43.4 Å². The summed E-state index contributed by atoms with van der Waals surface area (Å²) >= 11 is 3.09. The second-order valence-electron chi connectivity index (χ2n) is 3.63. The van der Waals surface area contributed by atoms with Gasteiger partial charge in [0.15, 0.2) is 5.17 Å². The molecule has 16 heavy (non-hydrogen) atoms. The lowest BCUT2D eigenvalue weighted by atomic mass is 10.2. The van der Waals surface area contributed by atoms with E-state index in [1.54, 1.807) is 11.3 Å². The maximum atomic E-state index is 11.7. The summed E-state index contributed by atoms with van der Waals surface area (Å²) in [6.07, 6.45) is 0. The molecule has 0 bridgehead atoms. The van der Waals surface area contributed by atoms with E-state index in [0.29, 0.717) is 0 Å². The maximum Gasteiger partial charge on any atom is 0.286 e. The number of aliphatic imine (C=N–C) groups is 1. The van der Waals surface area contributed by atoms with Crippen LogP contribution in [-0.4, -0.2) is 30.1 Å². The molecule has 3 nitrogen and oxygen atoms in total. The first-order valence-corrected chi connectivity index (χ1v) is 6.52. The Hall–Kier alpha value is -1.07. The topological polar surface area (TPSA) is 32.7 Å². The number of thioether (sulfide) groups is 1. The molecule has 0 radical (unpaired) electrons. The maximum absolute atomic E-state index is 11.7. The molecule has 1 aromatic heterocycles. The molecule has 1 aromatic rings. The smallest absolute Gasteiger partial charge is 0.286 e. The van der Waals surface area contributed by atoms with Crippen LogP contribution in [0, 0.1) is 0 Å². The molecule has 0 fully saturated rings. The Kier molecular flexibility index (Phi) is 3.16. The Balaban J connectivity index is 2.32. The van der Waals surface area contributed by atoms with Gasteiger partial charge in [0, 0.05) is 19.0 Å². The third-order valence-corrected chi connectivity index (χ3v) is 4.51. The molecule has 2 rings (SSSR count). The highest BCUT2D eigenvalue weighted by Crippen LogP contribution is 2.35. The number of carbonyl (C=O) groups excluding carboxylic acids is 1. The molecule has 0 aromatic carbocycles. The number of amides is 1. The summed E-state index contributed by atoms with van der Waals surface area (Å²) in [6, 6.07) is 4.01. The van der Waals surface area contributed by atoms with Crippen LogP contribution in [-0.2, 0) is 4.79 Å². The van der Waals surface area contributed by atoms with Gasteiger partial charge in [-0.25, -0.2) is 0 Å². The molecule has 0 unspecified atom stereocenters. The minimum Gasteiger partial charge on any atom is -0.357 e. The quantitative estimate of drug-likeness (QED) is 0.720. The fourth-order valence-electron chi connectivity index (χ4n) is 1.33. The van der Waals surface area contributed by atoms with E-state index in [4.69, 9.17) is 0 Å². The van der Waals surface area contributed by atoms with Crippen LogP contribution in [0.1, 0.15) is 11.8 Å². The molecule has 5 heteroatoms. The zero-order valence-electron chi connectivity index (χ0n) is 9.35. The van der Waals surface area contributed by atoms with Crippen LogP contribution in [0.15, 0.2) is 27.4 Å². The van der Waals surface area contributed by atoms with Crippen LogP contribution < -0.4 is 0 Å². The summed E-state index contributed by atoms with van der Waals surface area (Å²) in [5.74, 6) is -0.125. The van der Waals surface area contributed by atoms with E-state index < -0.39 is 0 Å². The van der Waals surface area contributed by atoms with Crippen LogP contribution in [0.4, 0.5) is 0 Å². The number of hydrogen-bond donors (Lipinski definition) is 0. The molecule has 84 valence electrons. The molecule has 0 N–H and O–H groups in total. The van der Waals surface area contributed by atoms with Gasteiger partial charge in [0.2, 0.25) is 0 Å². The SMILES string of the molecule is C/C(=C1/SC(N(C)C)=NC1=O)c1cccs1. The van der Waals surface area contributed by atoms with Gasteiger partial charge in [-0.15, -0.1) is 11.3 Å². The minimum absolute atomic E-state index is 0.125. The summed E-state index contributed by atoms with van der Waals surface area (Å²) in [5, 5.41) is 2.77. The Morgan fingerprint density at radius 2 is 2.19 bits per heavy atom. The van der Waals surface area contributed by atoms with Crippen LogP contribution in [0.2, 0.25) is 0 Å². The highest BCUT2D eigenvalue weighted by atomic mass is 32.2. The third kappa shape index (κ3) is 2.05. The molecule has 1 amide bonds. The Bertz CT molecular complexity index is 472. The number of hydrogen-bond acceptors (Lipinski definition) is 4. The average Bonchev–Trinajstić information content (AvgIpc) is 2.84. The van der Waals surface area contributed by atoms with E-state index in [1.165, 1.54) is 11.8 Å². The lowest BCUT2D eigenvalue weighted by molar-refractivity contribution is -0.113. The van der Waals surface area contributed by atoms with Crippen molar-refractivity contribution in [3.05, 3.63) is 27.3 Å². The summed E-state index contributed by atoms with van der Waals surface area (Å²) < 4.78 is 0. The van der Waals surface area contributed by atoms with Crippen molar-refractivity contribution in [3.8, 4) is 0 Å². The highest BCUT2D eigenvalue weighted by molar-refractivity contribution is 8.18. The highest BCUT2D eigenvalue weighted by Gasteiger charge is 2.25. The van der Waals surface area contributed by atoms with Gasteiger partial charge in [-0.05, 0) is 35.7 Å². The summed E-state index contributed by atoms with van der Waals surface area (Å²) in [5.41, 5.74) is 1.02. The molecule has 1 aliphatic heterocycles. The zero-order valence-corrected chi connectivity index (χ0v) is 11.0. The van der Waals surface area contributed by atoms with E-state index in [-0.39, 0.29) is 5.91 Å². The van der Waals surface area contributed by atoms with E-state index >= 15 is 0 Å². The Morgan fingerprint density at radius 3 is 2.69 bits per heavy atom. The first-order chi connectivity index (χ1) is 7.59. The molecule has 1 aliphatic rings. The van der Waals surface area contributed by atoms with Crippen molar-refractivity contribution in [2.45, 2.75) is 6.92 Å². The van der Waals surface area contributed by atoms with Crippen molar-refractivity contribution in [1.29, 1.82) is 0 Å². The molecular weight excluding hydrogens is 240 g/mol. The van der Waals surface area contributed by atoms with Gasteiger partial charge in [0.25, 0.3) is 5.91 Å². The zero-order chi connectivity index (χ0) is 11.7. The molecular formula is C11H12N2OS2. The Morgan fingerprint density at radius 1 is 1.44 bits per heavy atom. The summed E-state index contributed by atoms with van der Waals surface area (Å²) in [6.45, 7) is 1.97. The molecule has 0 saturated carbocycles. The number of allylic oxidation sites excluding steroid dienone is 1. The van der Waals surface area contributed by atoms with Crippen molar-refractivity contribution < 1.29 is 4.79 Å². The number of rotatable bonds is 1. The first kappa shape index (κ1) is 11.4. The fraction of sp³-hybridized carbons (Fsp3) is 0.273. The van der Waals surface area contributed by atoms with E-state index in [0.717, 1.165) is 20.5 Å². The van der Waals surface area contributed by atoms with Gasteiger partial charge in [-0.1, -0.05) is 6.07 Å². The monoisotopic (exact) mass is 252 g/mol. The predicted molar refractivity (Wildman–Crippen MR) is 70.6 cm³/mol. The fourth-order valence-corrected chi connectivity index (χ4v) is 3.02. The van der Waals surface area contributed by atoms with Crippen LogP contribution in [0.3, 0.4) is 0 Å². The largest absolute Gasteiger partial charge is 0.357 e. The second kappa shape index (κ2) is 4.43.